The molecule has 0 amide bonds. The van der Waals surface area contributed by atoms with Crippen molar-refractivity contribution in [3.05, 3.63) is 52.8 Å². The van der Waals surface area contributed by atoms with Gasteiger partial charge in [0.2, 0.25) is 0 Å². The topological polar surface area (TPSA) is 53.7 Å². The van der Waals surface area contributed by atoms with Gasteiger partial charge in [0.05, 0.1) is 28.0 Å². The molecule has 3 aromatic rings. The van der Waals surface area contributed by atoms with Gasteiger partial charge in [0, 0.05) is 30.8 Å². The lowest BCUT2D eigenvalue weighted by Gasteiger charge is -2.26. The highest BCUT2D eigenvalue weighted by Crippen LogP contribution is 2.39. The number of likely N-dealkylation sites (tertiary alicyclic amines) is 1. The Hall–Kier alpha value is -2.84. The molecule has 1 fully saturated rings. The molecule has 2 aromatic carbocycles. The first-order valence-corrected chi connectivity index (χ1v) is 10.7. The van der Waals surface area contributed by atoms with Crippen molar-refractivity contribution in [2.45, 2.75) is 25.6 Å². The molecule has 0 radical (unpaired) electrons. The molecular formula is C23H28N4O3S. The summed E-state index contributed by atoms with van der Waals surface area (Å²) >= 11 is 5.71. The van der Waals surface area contributed by atoms with Crippen LogP contribution in [0.3, 0.4) is 0 Å². The highest BCUT2D eigenvalue weighted by atomic mass is 32.1. The van der Waals surface area contributed by atoms with E-state index in [0.717, 1.165) is 53.6 Å². The fraction of sp³-hybridized carbons (Fsp3) is 0.391. The predicted octanol–water partition coefficient (Wildman–Crippen LogP) is 4.44. The van der Waals surface area contributed by atoms with Gasteiger partial charge in [0.15, 0.2) is 10.6 Å². The van der Waals surface area contributed by atoms with E-state index >= 15 is 0 Å². The molecule has 0 aliphatic carbocycles. The number of ether oxygens (including phenoxy) is 3. The zero-order chi connectivity index (χ0) is 22.0. The Morgan fingerprint density at radius 2 is 1.81 bits per heavy atom. The molecule has 0 N–H and O–H groups in total. The summed E-state index contributed by atoms with van der Waals surface area (Å²) in [6.45, 7) is 1.58. The van der Waals surface area contributed by atoms with E-state index < -0.39 is 0 Å². The van der Waals surface area contributed by atoms with Gasteiger partial charge in [-0.25, -0.2) is 4.68 Å². The Labute approximate surface area is 187 Å². The van der Waals surface area contributed by atoms with Crippen molar-refractivity contribution < 1.29 is 14.2 Å². The van der Waals surface area contributed by atoms with Gasteiger partial charge in [-0.1, -0.05) is 12.1 Å². The number of rotatable bonds is 7. The van der Waals surface area contributed by atoms with Gasteiger partial charge in [-0.05, 0) is 55.4 Å². The van der Waals surface area contributed by atoms with Crippen LogP contribution in [-0.2, 0) is 13.7 Å². The van der Waals surface area contributed by atoms with Crippen molar-refractivity contribution in [3.8, 4) is 28.6 Å². The predicted molar refractivity (Wildman–Crippen MR) is 122 cm³/mol. The minimum atomic E-state index is 0.217. The standard InChI is InChI=1S/C23H28N4O3S/c1-25-22(16-7-5-8-17(13-16)28-2)24-27(23(25)31)15-26-12-6-9-20(26)19-14-18(29-3)10-11-21(19)30-4/h5,7-8,10-11,13-14,20H,6,9,12,15H2,1-4H3/t20-/m1/s1. The van der Waals surface area contributed by atoms with E-state index in [-0.39, 0.29) is 6.04 Å². The van der Waals surface area contributed by atoms with Crippen molar-refractivity contribution in [2.75, 3.05) is 27.9 Å². The third kappa shape index (κ3) is 4.18. The fourth-order valence-electron chi connectivity index (χ4n) is 4.21. The molecule has 0 saturated carbocycles. The average Bonchev–Trinajstić information content (AvgIpc) is 3.38. The van der Waals surface area contributed by atoms with E-state index in [4.69, 9.17) is 31.5 Å². The van der Waals surface area contributed by atoms with Crippen LogP contribution in [0.5, 0.6) is 17.2 Å². The molecule has 0 spiro atoms. The molecule has 2 heterocycles. The monoisotopic (exact) mass is 440 g/mol. The highest BCUT2D eigenvalue weighted by molar-refractivity contribution is 7.71. The molecule has 164 valence electrons. The number of benzene rings is 2. The quantitative estimate of drug-likeness (QED) is 0.507. The first kappa shape index (κ1) is 21.4. The molecule has 1 aromatic heterocycles. The molecule has 8 heteroatoms. The van der Waals surface area contributed by atoms with Gasteiger partial charge in [0.25, 0.3) is 0 Å². The van der Waals surface area contributed by atoms with E-state index in [1.54, 1.807) is 21.3 Å². The van der Waals surface area contributed by atoms with Gasteiger partial charge >= 0.3 is 0 Å². The molecule has 0 bridgehead atoms. The third-order valence-corrected chi connectivity index (χ3v) is 6.33. The second kappa shape index (κ2) is 9.11. The summed E-state index contributed by atoms with van der Waals surface area (Å²) in [5.41, 5.74) is 2.11. The second-order valence-corrected chi connectivity index (χ2v) is 7.98. The van der Waals surface area contributed by atoms with Crippen LogP contribution in [0.1, 0.15) is 24.4 Å². The number of hydrogen-bond acceptors (Lipinski definition) is 6. The summed E-state index contributed by atoms with van der Waals surface area (Å²) < 4.78 is 21.0. The van der Waals surface area contributed by atoms with Gasteiger partial charge in [-0.2, -0.15) is 5.10 Å². The molecule has 1 atom stereocenters. The Morgan fingerprint density at radius 1 is 1.03 bits per heavy atom. The van der Waals surface area contributed by atoms with Crippen LogP contribution in [0.2, 0.25) is 0 Å². The van der Waals surface area contributed by atoms with E-state index in [1.165, 1.54) is 0 Å². The lowest BCUT2D eigenvalue weighted by molar-refractivity contribution is 0.186. The normalized spacial score (nSPS) is 16.5. The number of hydrogen-bond donors (Lipinski definition) is 0. The van der Waals surface area contributed by atoms with Crippen LogP contribution in [0.4, 0.5) is 0 Å². The lowest BCUT2D eigenvalue weighted by Crippen LogP contribution is -2.27. The van der Waals surface area contributed by atoms with E-state index in [2.05, 4.69) is 11.0 Å². The maximum atomic E-state index is 5.71. The van der Waals surface area contributed by atoms with Gasteiger partial charge in [-0.3, -0.25) is 4.90 Å². The summed E-state index contributed by atoms with van der Waals surface area (Å²) in [4.78, 5) is 2.40. The molecule has 4 rings (SSSR count). The SMILES string of the molecule is COc1cccc(-c2nn(CN3CCC[C@@H]3c3cc(OC)ccc3OC)c(=S)n2C)c1. The van der Waals surface area contributed by atoms with E-state index in [9.17, 15) is 0 Å². The van der Waals surface area contributed by atoms with Crippen LogP contribution >= 0.6 is 12.2 Å². The fourth-order valence-corrected chi connectivity index (χ4v) is 4.40. The highest BCUT2D eigenvalue weighted by Gasteiger charge is 2.29. The minimum absolute atomic E-state index is 0.217. The van der Waals surface area contributed by atoms with Crippen molar-refractivity contribution >= 4 is 12.2 Å². The van der Waals surface area contributed by atoms with Crippen LogP contribution in [-0.4, -0.2) is 47.1 Å². The first-order valence-electron chi connectivity index (χ1n) is 10.3. The van der Waals surface area contributed by atoms with Crippen molar-refractivity contribution in [1.82, 2.24) is 19.2 Å². The Kier molecular flexibility index (Phi) is 6.29. The summed E-state index contributed by atoms with van der Waals surface area (Å²) in [7, 11) is 7.01. The average molecular weight is 441 g/mol. The van der Waals surface area contributed by atoms with Crippen LogP contribution in [0.25, 0.3) is 11.4 Å². The molecule has 1 saturated heterocycles. The molecule has 0 unspecified atom stereocenters. The van der Waals surface area contributed by atoms with Gasteiger partial charge in [0.1, 0.15) is 17.2 Å². The Morgan fingerprint density at radius 3 is 2.55 bits per heavy atom. The maximum absolute atomic E-state index is 5.71. The van der Waals surface area contributed by atoms with Crippen LogP contribution in [0.15, 0.2) is 42.5 Å². The molecule has 1 aliphatic heterocycles. The number of nitrogens with zero attached hydrogens (tertiary/aromatic N) is 4. The minimum Gasteiger partial charge on any atom is -0.497 e. The van der Waals surface area contributed by atoms with Crippen molar-refractivity contribution in [3.63, 3.8) is 0 Å². The van der Waals surface area contributed by atoms with Crippen molar-refractivity contribution in [2.24, 2.45) is 7.05 Å². The third-order valence-electron chi connectivity index (χ3n) is 5.84. The summed E-state index contributed by atoms with van der Waals surface area (Å²) in [5, 5.41) is 4.85. The Bertz CT molecular complexity index is 1120. The lowest BCUT2D eigenvalue weighted by atomic mass is 10.0. The van der Waals surface area contributed by atoms with Crippen LogP contribution in [0, 0.1) is 4.77 Å². The van der Waals surface area contributed by atoms with Crippen LogP contribution < -0.4 is 14.2 Å². The number of aromatic nitrogens is 3. The number of methoxy groups -OCH3 is 3. The molecular weight excluding hydrogens is 412 g/mol. The summed E-state index contributed by atoms with van der Waals surface area (Å²) in [6, 6.07) is 14.1. The smallest absolute Gasteiger partial charge is 0.199 e. The second-order valence-electron chi connectivity index (χ2n) is 7.62. The molecule has 7 nitrogen and oxygen atoms in total. The summed E-state index contributed by atoms with van der Waals surface area (Å²) in [6.07, 6.45) is 2.15. The first-order chi connectivity index (χ1) is 15.0. The maximum Gasteiger partial charge on any atom is 0.199 e. The molecule has 1 aliphatic rings. The van der Waals surface area contributed by atoms with Crippen molar-refractivity contribution in [1.29, 1.82) is 0 Å². The van der Waals surface area contributed by atoms with Gasteiger partial charge < -0.3 is 18.8 Å². The zero-order valence-electron chi connectivity index (χ0n) is 18.4. The summed E-state index contributed by atoms with van der Waals surface area (Å²) in [5.74, 6) is 3.32. The van der Waals surface area contributed by atoms with E-state index in [1.807, 2.05) is 52.7 Å². The van der Waals surface area contributed by atoms with E-state index in [0.29, 0.717) is 11.4 Å². The molecule has 31 heavy (non-hydrogen) atoms. The van der Waals surface area contributed by atoms with Gasteiger partial charge in [-0.15, -0.1) is 0 Å². The Balaban J connectivity index is 1.64. The zero-order valence-corrected chi connectivity index (χ0v) is 19.2. The largest absolute Gasteiger partial charge is 0.497 e.